The molecular formula is C21H22Cl2N6O2. The lowest BCUT2D eigenvalue weighted by molar-refractivity contribution is -0.147. The number of morpholine rings is 1. The number of halogens is 2. The Morgan fingerprint density at radius 3 is 2.94 bits per heavy atom. The van der Waals surface area contributed by atoms with Crippen molar-refractivity contribution >= 4 is 46.4 Å². The topological polar surface area (TPSA) is 89.0 Å². The van der Waals surface area contributed by atoms with Gasteiger partial charge in [-0.25, -0.2) is 4.98 Å². The molecule has 2 aliphatic heterocycles. The summed E-state index contributed by atoms with van der Waals surface area (Å²) in [4.78, 5) is 25.9. The highest BCUT2D eigenvalue weighted by molar-refractivity contribution is 6.35. The van der Waals surface area contributed by atoms with Gasteiger partial charge in [0.15, 0.2) is 11.8 Å². The van der Waals surface area contributed by atoms with E-state index in [0.29, 0.717) is 54.2 Å². The number of anilines is 2. The largest absolute Gasteiger partial charge is 0.382 e. The molecule has 0 radical (unpaired) electrons. The monoisotopic (exact) mass is 460 g/mol. The molecule has 8 nitrogen and oxygen atoms in total. The van der Waals surface area contributed by atoms with Gasteiger partial charge in [0.25, 0.3) is 5.91 Å². The molecule has 162 valence electrons. The molecule has 2 N–H and O–H groups in total. The first-order valence-electron chi connectivity index (χ1n) is 10.2. The Bertz CT molecular complexity index is 1170. The number of ether oxygens (including phenoxy) is 1. The molecule has 5 rings (SSSR count). The van der Waals surface area contributed by atoms with Crippen molar-refractivity contribution in [3.8, 4) is 0 Å². The summed E-state index contributed by atoms with van der Waals surface area (Å²) in [7, 11) is 0. The summed E-state index contributed by atoms with van der Waals surface area (Å²) < 4.78 is 7.78. The lowest BCUT2D eigenvalue weighted by Gasteiger charge is -2.40. The lowest BCUT2D eigenvalue weighted by Crippen LogP contribution is -2.53. The van der Waals surface area contributed by atoms with Crippen LogP contribution in [-0.2, 0) is 16.0 Å². The van der Waals surface area contributed by atoms with Crippen LogP contribution in [0.15, 0.2) is 30.7 Å². The zero-order valence-electron chi connectivity index (χ0n) is 17.0. The number of imidazole rings is 1. The molecule has 0 saturated carbocycles. The van der Waals surface area contributed by atoms with Crippen molar-refractivity contribution in [2.45, 2.75) is 25.5 Å². The number of nitrogens with two attached hydrogens (primary N) is 1. The number of carbonyl (C=O) groups is 1. The van der Waals surface area contributed by atoms with Gasteiger partial charge in [0.1, 0.15) is 11.6 Å². The van der Waals surface area contributed by atoms with Crippen LogP contribution in [-0.4, -0.2) is 57.5 Å². The predicted molar refractivity (Wildman–Crippen MR) is 120 cm³/mol. The normalized spacial score (nSPS) is 21.4. The number of nitrogens with zero attached hydrogens (tertiary/aromatic N) is 5. The highest BCUT2D eigenvalue weighted by Crippen LogP contribution is 2.37. The van der Waals surface area contributed by atoms with Crippen molar-refractivity contribution in [1.29, 1.82) is 0 Å². The number of aromatic nitrogens is 3. The third kappa shape index (κ3) is 3.58. The molecule has 1 aromatic carbocycles. The van der Waals surface area contributed by atoms with Gasteiger partial charge < -0.3 is 20.3 Å². The second-order valence-electron chi connectivity index (χ2n) is 7.88. The zero-order valence-corrected chi connectivity index (χ0v) is 18.5. The van der Waals surface area contributed by atoms with E-state index in [1.54, 1.807) is 24.7 Å². The van der Waals surface area contributed by atoms with Gasteiger partial charge in [0.2, 0.25) is 0 Å². The highest BCUT2D eigenvalue weighted by Gasteiger charge is 2.36. The van der Waals surface area contributed by atoms with Gasteiger partial charge in [-0.3, -0.25) is 14.2 Å². The standard InChI is InChI=1S/C21H22Cl2N6O2/c1-12-20-13(6-14(22)7-15(20)23)2-3-28(12)21(30)16-10-27(4-5-31-16)19-9-25-8-18-26-17(24)11-29(18)19/h6-9,11-12,16H,2-5,10,24H2,1H3/t12-,16+/m0/s1. The Labute approximate surface area is 189 Å². The molecule has 1 fully saturated rings. The minimum atomic E-state index is -0.583. The average Bonchev–Trinajstić information content (AvgIpc) is 3.13. The lowest BCUT2D eigenvalue weighted by atomic mass is 9.93. The average molecular weight is 461 g/mol. The summed E-state index contributed by atoms with van der Waals surface area (Å²) in [5.74, 6) is 1.21. The van der Waals surface area contributed by atoms with Gasteiger partial charge in [-0.15, -0.1) is 0 Å². The summed E-state index contributed by atoms with van der Waals surface area (Å²) >= 11 is 12.6. The first kappa shape index (κ1) is 20.4. The maximum atomic E-state index is 13.4. The van der Waals surface area contributed by atoms with Crippen LogP contribution in [0.25, 0.3) is 5.65 Å². The van der Waals surface area contributed by atoms with E-state index < -0.39 is 6.10 Å². The highest BCUT2D eigenvalue weighted by atomic mass is 35.5. The molecule has 0 unspecified atom stereocenters. The van der Waals surface area contributed by atoms with E-state index in [-0.39, 0.29) is 11.9 Å². The summed E-state index contributed by atoms with van der Waals surface area (Å²) in [6.07, 6.45) is 5.30. The maximum absolute atomic E-state index is 13.4. The van der Waals surface area contributed by atoms with Crippen LogP contribution in [0, 0.1) is 0 Å². The first-order chi connectivity index (χ1) is 14.9. The Morgan fingerprint density at radius 2 is 2.10 bits per heavy atom. The van der Waals surface area contributed by atoms with Crippen molar-refractivity contribution in [1.82, 2.24) is 19.3 Å². The SMILES string of the molecule is C[C@H]1c2c(Cl)cc(Cl)cc2CCN1C(=O)[C@H]1CN(c2cncc3nc(N)cn23)CCO1. The number of rotatable bonds is 2. The number of nitrogen functional groups attached to an aromatic ring is 1. The van der Waals surface area contributed by atoms with Gasteiger partial charge in [0.05, 0.1) is 37.8 Å². The molecule has 0 bridgehead atoms. The predicted octanol–water partition coefficient (Wildman–Crippen LogP) is 2.97. The maximum Gasteiger partial charge on any atom is 0.254 e. The molecular weight excluding hydrogens is 439 g/mol. The summed E-state index contributed by atoms with van der Waals surface area (Å²) in [6, 6.07) is 3.51. The molecule has 2 atom stereocenters. The van der Waals surface area contributed by atoms with Crippen molar-refractivity contribution in [2.75, 3.05) is 36.9 Å². The van der Waals surface area contributed by atoms with Crippen molar-refractivity contribution in [3.63, 3.8) is 0 Å². The first-order valence-corrected chi connectivity index (χ1v) is 10.9. The van der Waals surface area contributed by atoms with Gasteiger partial charge >= 0.3 is 0 Å². The van der Waals surface area contributed by atoms with Gasteiger partial charge in [-0.05, 0) is 36.6 Å². The molecule has 10 heteroatoms. The third-order valence-corrected chi connectivity index (χ3v) is 6.55. The van der Waals surface area contributed by atoms with E-state index in [1.807, 2.05) is 22.3 Å². The van der Waals surface area contributed by atoms with Crippen LogP contribution in [0.5, 0.6) is 0 Å². The fourth-order valence-corrected chi connectivity index (χ4v) is 5.24. The Kier molecular flexibility index (Phi) is 5.16. The number of amides is 1. The van der Waals surface area contributed by atoms with E-state index in [2.05, 4.69) is 14.9 Å². The number of hydrogen-bond acceptors (Lipinski definition) is 6. The quantitative estimate of drug-likeness (QED) is 0.632. The molecule has 1 amide bonds. The van der Waals surface area contributed by atoms with Crippen molar-refractivity contribution in [2.24, 2.45) is 0 Å². The van der Waals surface area contributed by atoms with Crippen molar-refractivity contribution < 1.29 is 9.53 Å². The van der Waals surface area contributed by atoms with Crippen LogP contribution in [0.1, 0.15) is 24.1 Å². The molecule has 31 heavy (non-hydrogen) atoms. The smallest absolute Gasteiger partial charge is 0.254 e. The minimum Gasteiger partial charge on any atom is -0.382 e. The van der Waals surface area contributed by atoms with Crippen molar-refractivity contribution in [3.05, 3.63) is 51.9 Å². The fraction of sp³-hybridized carbons (Fsp3) is 0.381. The Hall–Kier alpha value is -2.55. The van der Waals surface area contributed by atoms with Gasteiger partial charge in [-0.2, -0.15) is 0 Å². The molecule has 2 aromatic heterocycles. The molecule has 3 aromatic rings. The summed E-state index contributed by atoms with van der Waals surface area (Å²) in [5, 5.41) is 1.21. The number of hydrogen-bond donors (Lipinski definition) is 1. The van der Waals surface area contributed by atoms with E-state index in [9.17, 15) is 4.79 Å². The molecule has 0 aliphatic carbocycles. The fourth-order valence-electron chi connectivity index (χ4n) is 4.55. The number of carbonyl (C=O) groups excluding carboxylic acids is 1. The van der Waals surface area contributed by atoms with Crippen LogP contribution in [0.4, 0.5) is 11.6 Å². The molecule has 4 heterocycles. The van der Waals surface area contributed by atoms with Crippen LogP contribution in [0.2, 0.25) is 10.0 Å². The van der Waals surface area contributed by atoms with Crippen LogP contribution in [0.3, 0.4) is 0 Å². The van der Waals surface area contributed by atoms with E-state index in [0.717, 1.165) is 16.9 Å². The number of benzene rings is 1. The van der Waals surface area contributed by atoms with E-state index in [4.69, 9.17) is 33.7 Å². The van der Waals surface area contributed by atoms with Gasteiger partial charge in [0, 0.05) is 23.1 Å². The summed E-state index contributed by atoms with van der Waals surface area (Å²) in [5.41, 5.74) is 8.57. The Morgan fingerprint density at radius 1 is 1.26 bits per heavy atom. The van der Waals surface area contributed by atoms with Crippen LogP contribution >= 0.6 is 23.2 Å². The third-order valence-electron chi connectivity index (χ3n) is 6.01. The molecule has 0 spiro atoms. The molecule has 1 saturated heterocycles. The second kappa shape index (κ2) is 7.85. The minimum absolute atomic E-state index is 0.0425. The summed E-state index contributed by atoms with van der Waals surface area (Å²) in [6.45, 7) is 4.09. The molecule has 2 aliphatic rings. The van der Waals surface area contributed by atoms with E-state index >= 15 is 0 Å². The van der Waals surface area contributed by atoms with E-state index in [1.165, 1.54) is 0 Å². The van der Waals surface area contributed by atoms with Crippen LogP contribution < -0.4 is 10.6 Å². The second-order valence-corrected chi connectivity index (χ2v) is 8.73. The zero-order chi connectivity index (χ0) is 21.7. The van der Waals surface area contributed by atoms with Gasteiger partial charge in [-0.1, -0.05) is 23.2 Å². The Balaban J connectivity index is 1.38. The number of fused-ring (bicyclic) bond motifs is 2.